The molecule has 0 saturated carbocycles. The number of nitrogens with one attached hydrogen (secondary N) is 2. The van der Waals surface area contributed by atoms with Crippen LogP contribution in [-0.2, 0) is 5.41 Å². The molecule has 4 rings (SSSR count). The minimum Gasteiger partial charge on any atom is -0.493 e. The summed E-state index contributed by atoms with van der Waals surface area (Å²) in [5.41, 5.74) is 9.37. The molecule has 36 heavy (non-hydrogen) atoms. The number of hydrogen-bond donors (Lipinski definition) is 4. The summed E-state index contributed by atoms with van der Waals surface area (Å²) in [4.78, 5) is 33.4. The number of benzene rings is 2. The van der Waals surface area contributed by atoms with Crippen LogP contribution in [0, 0.1) is 0 Å². The molecular formula is C26H29N5O5. The van der Waals surface area contributed by atoms with E-state index in [4.69, 9.17) is 20.3 Å². The number of rotatable bonds is 7. The van der Waals surface area contributed by atoms with Crippen LogP contribution >= 0.6 is 0 Å². The average Bonchev–Trinajstić information content (AvgIpc) is 3.37. The van der Waals surface area contributed by atoms with E-state index in [0.717, 1.165) is 11.3 Å². The van der Waals surface area contributed by atoms with Gasteiger partial charge in [0.2, 0.25) is 0 Å². The quantitative estimate of drug-likeness (QED) is 0.304. The molecule has 0 aliphatic carbocycles. The summed E-state index contributed by atoms with van der Waals surface area (Å²) in [6, 6.07) is 14.3. The number of imidazole rings is 1. The lowest BCUT2D eigenvalue weighted by Gasteiger charge is -2.23. The topological polar surface area (TPSA) is 152 Å². The minimum atomic E-state index is -0.993. The molecule has 0 unspecified atom stereocenters. The molecule has 0 bridgehead atoms. The molecule has 2 aromatic heterocycles. The van der Waals surface area contributed by atoms with Crippen molar-refractivity contribution in [1.29, 1.82) is 0 Å². The van der Waals surface area contributed by atoms with E-state index >= 15 is 0 Å². The third kappa shape index (κ3) is 6.16. The number of anilines is 1. The number of hydrogen-bond acceptors (Lipinski definition) is 7. The number of carbonyl (C=O) groups is 2. The largest absolute Gasteiger partial charge is 0.493 e. The van der Waals surface area contributed by atoms with E-state index in [-0.39, 0.29) is 16.9 Å². The van der Waals surface area contributed by atoms with Crippen molar-refractivity contribution in [3.63, 3.8) is 0 Å². The summed E-state index contributed by atoms with van der Waals surface area (Å²) in [6.45, 7) is 4.73. The van der Waals surface area contributed by atoms with Gasteiger partial charge in [0.15, 0.2) is 17.1 Å². The first-order valence-electron chi connectivity index (χ1n) is 11.0. The minimum absolute atomic E-state index is 0.0914. The summed E-state index contributed by atoms with van der Waals surface area (Å²) in [5.74, 6) is -0.0956. The predicted molar refractivity (Wildman–Crippen MR) is 137 cm³/mol. The Balaban J connectivity index is 0.000000249. The molecule has 0 aliphatic heterocycles. The summed E-state index contributed by atoms with van der Waals surface area (Å²) >= 11 is 0. The van der Waals surface area contributed by atoms with Crippen LogP contribution in [0.3, 0.4) is 0 Å². The third-order valence-electron chi connectivity index (χ3n) is 5.60. The fourth-order valence-corrected chi connectivity index (χ4v) is 3.25. The van der Waals surface area contributed by atoms with E-state index in [9.17, 15) is 9.59 Å². The van der Waals surface area contributed by atoms with Crippen LogP contribution in [0.5, 0.6) is 11.5 Å². The van der Waals surface area contributed by atoms with Crippen LogP contribution in [0.1, 0.15) is 40.1 Å². The average molecular weight is 492 g/mol. The van der Waals surface area contributed by atoms with Crippen molar-refractivity contribution in [2.24, 2.45) is 5.73 Å². The number of fused-ring (bicyclic) bond motifs is 1. The van der Waals surface area contributed by atoms with E-state index in [0.29, 0.717) is 34.8 Å². The first kappa shape index (κ1) is 26.2. The summed E-state index contributed by atoms with van der Waals surface area (Å²) in [6.07, 6.45) is 2.77. The standard InChI is InChI=1S/C19H24N2O3.C7H5N3O2/c1-19(2,12-20)14-6-8-15(9-7-14)21-18(22)13-5-10-16(23-3)17(11-13)24-4;11-7(12)4-1-5-6(8-2-4)10-3-9-5/h5-11H,12,20H2,1-4H3,(H,21,22);1-3H,(H,11,12)(H,8,9,10). The van der Waals surface area contributed by atoms with Gasteiger partial charge in [0.25, 0.3) is 5.91 Å². The number of ether oxygens (including phenoxy) is 2. The number of nitrogens with two attached hydrogens (primary N) is 1. The maximum Gasteiger partial charge on any atom is 0.337 e. The molecule has 1 amide bonds. The van der Waals surface area contributed by atoms with Crippen molar-refractivity contribution >= 4 is 28.7 Å². The first-order chi connectivity index (χ1) is 17.2. The number of carbonyl (C=O) groups excluding carboxylic acids is 1. The highest BCUT2D eigenvalue weighted by Gasteiger charge is 2.18. The van der Waals surface area contributed by atoms with E-state index in [1.54, 1.807) is 25.3 Å². The van der Waals surface area contributed by atoms with Crippen LogP contribution in [0.2, 0.25) is 0 Å². The van der Waals surface area contributed by atoms with Gasteiger partial charge in [0, 0.05) is 29.4 Å². The zero-order chi connectivity index (χ0) is 26.3. The molecule has 4 aromatic rings. The lowest BCUT2D eigenvalue weighted by atomic mass is 9.85. The van der Waals surface area contributed by atoms with Crippen LogP contribution in [0.15, 0.2) is 61.1 Å². The Labute approximate surface area is 208 Å². The van der Waals surface area contributed by atoms with Gasteiger partial charge in [-0.05, 0) is 42.0 Å². The number of carboxylic acid groups (broad SMARTS) is 1. The van der Waals surface area contributed by atoms with Gasteiger partial charge in [-0.3, -0.25) is 4.79 Å². The van der Waals surface area contributed by atoms with Gasteiger partial charge in [-0.1, -0.05) is 26.0 Å². The summed E-state index contributed by atoms with van der Waals surface area (Å²) < 4.78 is 10.4. The maximum atomic E-state index is 12.4. The molecule has 10 heteroatoms. The van der Waals surface area contributed by atoms with E-state index in [1.165, 1.54) is 25.7 Å². The maximum absolute atomic E-state index is 12.4. The van der Waals surface area contributed by atoms with Crippen LogP contribution < -0.4 is 20.5 Å². The van der Waals surface area contributed by atoms with Crippen LogP contribution in [-0.4, -0.2) is 52.7 Å². The third-order valence-corrected chi connectivity index (χ3v) is 5.60. The summed E-state index contributed by atoms with van der Waals surface area (Å²) in [5, 5.41) is 11.5. The molecule has 0 saturated heterocycles. The van der Waals surface area contributed by atoms with Gasteiger partial charge in [-0.25, -0.2) is 14.8 Å². The number of carboxylic acids is 1. The second kappa shape index (κ2) is 11.3. The van der Waals surface area contributed by atoms with E-state index < -0.39 is 5.97 Å². The number of aromatic amines is 1. The normalized spacial score (nSPS) is 10.8. The number of H-pyrrole nitrogens is 1. The Morgan fingerprint density at radius 1 is 1.00 bits per heavy atom. The highest BCUT2D eigenvalue weighted by Crippen LogP contribution is 2.28. The van der Waals surface area contributed by atoms with Crippen molar-refractivity contribution in [3.05, 3.63) is 77.7 Å². The van der Waals surface area contributed by atoms with Gasteiger partial charge in [-0.15, -0.1) is 0 Å². The number of amides is 1. The molecule has 10 nitrogen and oxygen atoms in total. The molecule has 0 atom stereocenters. The van der Waals surface area contributed by atoms with Gasteiger partial charge in [0.05, 0.1) is 26.1 Å². The number of pyridine rings is 1. The smallest absolute Gasteiger partial charge is 0.337 e. The second-order valence-corrected chi connectivity index (χ2v) is 8.49. The fraction of sp³-hybridized carbons (Fsp3) is 0.231. The molecular weight excluding hydrogens is 462 g/mol. The van der Waals surface area contributed by atoms with Crippen LogP contribution in [0.25, 0.3) is 11.2 Å². The Kier molecular flexibility index (Phi) is 8.23. The summed E-state index contributed by atoms with van der Waals surface area (Å²) in [7, 11) is 3.10. The Morgan fingerprint density at radius 2 is 1.69 bits per heavy atom. The molecule has 2 heterocycles. The molecule has 188 valence electrons. The van der Waals surface area contributed by atoms with Crippen LogP contribution in [0.4, 0.5) is 5.69 Å². The van der Waals surface area contributed by atoms with Gasteiger partial charge in [0.1, 0.15) is 5.52 Å². The number of aromatic carboxylic acids is 1. The van der Waals surface area contributed by atoms with E-state index in [2.05, 4.69) is 34.1 Å². The van der Waals surface area contributed by atoms with Crippen molar-refractivity contribution < 1.29 is 24.2 Å². The Hall–Kier alpha value is -4.44. The van der Waals surface area contributed by atoms with Crippen molar-refractivity contribution in [1.82, 2.24) is 15.0 Å². The molecule has 0 radical (unpaired) electrons. The molecule has 0 spiro atoms. The molecule has 5 N–H and O–H groups in total. The van der Waals surface area contributed by atoms with Crippen molar-refractivity contribution in [2.75, 3.05) is 26.1 Å². The Morgan fingerprint density at radius 3 is 2.31 bits per heavy atom. The first-order valence-corrected chi connectivity index (χ1v) is 11.0. The van der Waals surface area contributed by atoms with Gasteiger partial charge in [-0.2, -0.15) is 0 Å². The van der Waals surface area contributed by atoms with Crippen molar-refractivity contribution in [2.45, 2.75) is 19.3 Å². The second-order valence-electron chi connectivity index (χ2n) is 8.49. The van der Waals surface area contributed by atoms with Crippen molar-refractivity contribution in [3.8, 4) is 11.5 Å². The number of nitrogens with zero attached hydrogens (tertiary/aromatic N) is 2. The fourth-order valence-electron chi connectivity index (χ4n) is 3.25. The molecule has 2 aromatic carbocycles. The predicted octanol–water partition coefficient (Wildman–Crippen LogP) is 3.85. The Bertz CT molecular complexity index is 1350. The highest BCUT2D eigenvalue weighted by atomic mass is 16.5. The highest BCUT2D eigenvalue weighted by molar-refractivity contribution is 6.04. The molecule has 0 fully saturated rings. The van der Waals surface area contributed by atoms with E-state index in [1.807, 2.05) is 24.3 Å². The molecule has 0 aliphatic rings. The zero-order valence-corrected chi connectivity index (χ0v) is 20.5. The SMILES string of the molecule is COc1ccc(C(=O)Nc2ccc(C(C)(C)CN)cc2)cc1OC.O=C(O)c1cnc2[nH]cnc2c1. The lowest BCUT2D eigenvalue weighted by molar-refractivity contribution is 0.0696. The number of methoxy groups -OCH3 is 2. The number of aromatic nitrogens is 3. The zero-order valence-electron chi connectivity index (χ0n) is 20.5. The van der Waals surface area contributed by atoms with Gasteiger partial charge >= 0.3 is 5.97 Å². The van der Waals surface area contributed by atoms with Gasteiger partial charge < -0.3 is 30.6 Å². The monoisotopic (exact) mass is 491 g/mol. The lowest BCUT2D eigenvalue weighted by Crippen LogP contribution is -2.27.